The molecule has 0 bridgehead atoms. The van der Waals surface area contributed by atoms with E-state index in [4.69, 9.17) is 23.4 Å². The number of hydrogen-bond donors (Lipinski definition) is 12. The van der Waals surface area contributed by atoms with Gasteiger partial charge in [0.15, 0.2) is 17.2 Å². The molecule has 0 unspecified atom stereocenters. The molecule has 2 saturated heterocycles. The Hall–Kier alpha value is -3.75. The Balaban J connectivity index is 1.63. The quantitative estimate of drug-likeness (QED) is 0.0956. The maximum Gasteiger partial charge on any atom is 0.402 e. The monoisotopic (exact) mass is 627 g/mol. The summed E-state index contributed by atoms with van der Waals surface area (Å²) in [5.41, 5.74) is -0.258. The van der Waals surface area contributed by atoms with Crippen molar-refractivity contribution in [2.24, 2.45) is 0 Å². The number of hydrogen-bond acceptors (Lipinski definition) is 16. The fourth-order valence-corrected chi connectivity index (χ4v) is 4.87. The first-order valence-corrected chi connectivity index (χ1v) is 13.2. The SMILES string of the molecule is OC[C@H]1O[C@@H](Oc2cc3c(O[C@@H]4O[C@H](CO)[C@@H](O)[C@H](O)[C@H]4O)cc(O)cc3[o+]c2-c2cc(O)c(O)c(O)c2)[C@H](O)[C@@H](O)[C@@H]1O. The van der Waals surface area contributed by atoms with Gasteiger partial charge < -0.3 is 80.2 Å². The molecule has 0 aliphatic carbocycles. The summed E-state index contributed by atoms with van der Waals surface area (Å²) in [6, 6.07) is 5.35. The lowest BCUT2D eigenvalue weighted by Gasteiger charge is -2.39. The molecule has 2 aliphatic heterocycles. The summed E-state index contributed by atoms with van der Waals surface area (Å²) in [6.07, 6.45) is -16.8. The number of phenolic OH excluding ortho intramolecular Hbond substituents is 4. The second-order valence-electron chi connectivity index (χ2n) is 10.3. The number of aromatic hydroxyl groups is 4. The molecule has 0 amide bonds. The van der Waals surface area contributed by atoms with Gasteiger partial charge in [0, 0.05) is 24.3 Å². The smallest absolute Gasteiger partial charge is 0.402 e. The molecular weight excluding hydrogens is 596 g/mol. The molecule has 2 aromatic carbocycles. The molecule has 0 spiro atoms. The van der Waals surface area contributed by atoms with Gasteiger partial charge in [-0.05, 0) is 0 Å². The normalized spacial score (nSPS) is 32.5. The van der Waals surface area contributed by atoms with Crippen LogP contribution in [0.4, 0.5) is 0 Å². The van der Waals surface area contributed by atoms with Gasteiger partial charge in [0.1, 0.15) is 65.7 Å². The number of benzene rings is 2. The molecule has 44 heavy (non-hydrogen) atoms. The minimum absolute atomic E-state index is 0.0182. The third kappa shape index (κ3) is 5.73. The molecule has 3 aromatic rings. The van der Waals surface area contributed by atoms with E-state index in [1.807, 2.05) is 0 Å². The lowest BCUT2D eigenvalue weighted by Crippen LogP contribution is -2.60. The van der Waals surface area contributed by atoms with Crippen molar-refractivity contribution in [2.75, 3.05) is 13.2 Å². The van der Waals surface area contributed by atoms with Crippen LogP contribution in [-0.4, -0.2) is 136 Å². The first-order valence-electron chi connectivity index (χ1n) is 13.2. The van der Waals surface area contributed by atoms with E-state index in [1.54, 1.807) is 0 Å². The lowest BCUT2D eigenvalue weighted by molar-refractivity contribution is -0.277. The minimum atomic E-state index is -1.87. The summed E-state index contributed by atoms with van der Waals surface area (Å²) in [4.78, 5) is 0. The number of fused-ring (bicyclic) bond motifs is 1. The molecule has 17 heteroatoms. The summed E-state index contributed by atoms with van der Waals surface area (Å²) in [6.45, 7) is -1.51. The van der Waals surface area contributed by atoms with Crippen molar-refractivity contribution in [1.29, 1.82) is 0 Å². The summed E-state index contributed by atoms with van der Waals surface area (Å²) < 4.78 is 28.2. The van der Waals surface area contributed by atoms with Gasteiger partial charge in [0.05, 0.1) is 24.8 Å². The Morgan fingerprint density at radius 3 is 1.61 bits per heavy atom. The predicted molar refractivity (Wildman–Crippen MR) is 142 cm³/mol. The highest BCUT2D eigenvalue weighted by molar-refractivity contribution is 5.89. The van der Waals surface area contributed by atoms with E-state index in [9.17, 15) is 61.3 Å². The van der Waals surface area contributed by atoms with Gasteiger partial charge in [-0.1, -0.05) is 0 Å². The molecule has 2 fully saturated rings. The maximum atomic E-state index is 10.6. The lowest BCUT2D eigenvalue weighted by atomic mass is 9.99. The largest absolute Gasteiger partial charge is 0.507 e. The standard InChI is InChI=1S/C27H30O17/c28-6-16-19(34)21(36)23(38)26(43-16)41-14-4-9(30)3-13-10(14)5-15(25(40-13)8-1-11(31)18(33)12(32)2-8)42-27-24(39)22(37)20(35)17(7-29)44-27/h1-5,16-17,19-24,26-29,34-39H,6-7H2,(H3-,30,31,32,33)/p+1/t16-,17-,19-,20-,21+,22+,23-,24-,26-,27-/m1/s1. The first-order chi connectivity index (χ1) is 20.8. The third-order valence-corrected chi connectivity index (χ3v) is 7.32. The number of ether oxygens (including phenoxy) is 4. The number of rotatable bonds is 7. The van der Waals surface area contributed by atoms with Crippen LogP contribution in [0.3, 0.4) is 0 Å². The highest BCUT2D eigenvalue weighted by Crippen LogP contribution is 2.45. The average molecular weight is 628 g/mol. The highest BCUT2D eigenvalue weighted by atomic mass is 16.7. The van der Waals surface area contributed by atoms with Gasteiger partial charge in [-0.25, -0.2) is 4.42 Å². The van der Waals surface area contributed by atoms with Gasteiger partial charge in [0.25, 0.3) is 0 Å². The third-order valence-electron chi connectivity index (χ3n) is 7.32. The molecule has 0 radical (unpaired) electrons. The predicted octanol–water partition coefficient (Wildman–Crippen LogP) is -2.44. The van der Waals surface area contributed by atoms with E-state index < -0.39 is 97.6 Å². The Morgan fingerprint density at radius 1 is 0.614 bits per heavy atom. The van der Waals surface area contributed by atoms with Crippen LogP contribution in [0.25, 0.3) is 22.3 Å². The van der Waals surface area contributed by atoms with Gasteiger partial charge in [-0.15, -0.1) is 0 Å². The van der Waals surface area contributed by atoms with E-state index >= 15 is 0 Å². The van der Waals surface area contributed by atoms with Gasteiger partial charge >= 0.3 is 11.3 Å². The zero-order valence-electron chi connectivity index (χ0n) is 22.5. The van der Waals surface area contributed by atoms with Crippen LogP contribution < -0.4 is 9.47 Å². The van der Waals surface area contributed by atoms with Crippen LogP contribution in [0.2, 0.25) is 0 Å². The molecule has 10 atom stereocenters. The molecular formula is C27H31O17+. The molecule has 240 valence electrons. The Bertz CT molecular complexity index is 1470. The minimum Gasteiger partial charge on any atom is -0.507 e. The molecule has 17 nitrogen and oxygen atoms in total. The average Bonchev–Trinajstić information content (AvgIpc) is 2.99. The van der Waals surface area contributed by atoms with Crippen LogP contribution in [0, 0.1) is 0 Å². The van der Waals surface area contributed by atoms with E-state index in [2.05, 4.69) is 0 Å². The zero-order chi connectivity index (χ0) is 32.0. The van der Waals surface area contributed by atoms with Crippen molar-refractivity contribution < 1.29 is 84.6 Å². The Morgan fingerprint density at radius 2 is 1.11 bits per heavy atom. The number of aliphatic hydroxyl groups excluding tert-OH is 8. The van der Waals surface area contributed by atoms with E-state index in [1.165, 1.54) is 6.07 Å². The van der Waals surface area contributed by atoms with Gasteiger partial charge in [-0.3, -0.25) is 0 Å². The van der Waals surface area contributed by atoms with Crippen LogP contribution in [-0.2, 0) is 9.47 Å². The van der Waals surface area contributed by atoms with Crippen LogP contribution >= 0.6 is 0 Å². The van der Waals surface area contributed by atoms with Crippen molar-refractivity contribution >= 4 is 11.0 Å². The van der Waals surface area contributed by atoms with E-state index in [0.29, 0.717) is 0 Å². The Kier molecular flexibility index (Phi) is 8.87. The van der Waals surface area contributed by atoms with Gasteiger partial charge in [-0.2, -0.15) is 0 Å². The van der Waals surface area contributed by atoms with Crippen molar-refractivity contribution in [1.82, 2.24) is 0 Å². The second kappa shape index (κ2) is 12.3. The first kappa shape index (κ1) is 31.7. The molecule has 12 N–H and O–H groups in total. The zero-order valence-corrected chi connectivity index (χ0v) is 22.5. The number of phenols is 4. The van der Waals surface area contributed by atoms with Gasteiger partial charge in [0.2, 0.25) is 18.3 Å². The summed E-state index contributed by atoms with van der Waals surface area (Å²) in [7, 11) is 0. The van der Waals surface area contributed by atoms with Crippen LogP contribution in [0.1, 0.15) is 0 Å². The van der Waals surface area contributed by atoms with Crippen LogP contribution in [0.5, 0.6) is 34.5 Å². The molecule has 5 rings (SSSR count). The molecule has 2 aliphatic rings. The van der Waals surface area contributed by atoms with Crippen molar-refractivity contribution in [2.45, 2.75) is 61.4 Å². The maximum absolute atomic E-state index is 10.6. The van der Waals surface area contributed by atoms with Crippen LogP contribution in [0.15, 0.2) is 34.7 Å². The van der Waals surface area contributed by atoms with Crippen molar-refractivity contribution in [3.8, 4) is 45.8 Å². The van der Waals surface area contributed by atoms with E-state index in [-0.39, 0.29) is 33.8 Å². The highest BCUT2D eigenvalue weighted by Gasteiger charge is 2.47. The second-order valence-corrected chi connectivity index (χ2v) is 10.3. The topological polar surface area (TPSA) is 291 Å². The summed E-state index contributed by atoms with van der Waals surface area (Å²) in [5, 5.41) is 121. The fraction of sp³-hybridized carbons (Fsp3) is 0.444. The summed E-state index contributed by atoms with van der Waals surface area (Å²) >= 11 is 0. The van der Waals surface area contributed by atoms with E-state index in [0.717, 1.165) is 24.3 Å². The molecule has 0 saturated carbocycles. The number of aliphatic hydroxyl groups is 8. The molecule has 3 heterocycles. The van der Waals surface area contributed by atoms with Crippen molar-refractivity contribution in [3.63, 3.8) is 0 Å². The molecule has 1 aromatic heterocycles. The summed E-state index contributed by atoms with van der Waals surface area (Å²) in [5.74, 6) is -3.72. The fourth-order valence-electron chi connectivity index (χ4n) is 4.87. The van der Waals surface area contributed by atoms with Crippen molar-refractivity contribution in [3.05, 3.63) is 30.3 Å². The Labute approximate surface area is 246 Å².